The molecule has 80 valence electrons. The van der Waals surface area contributed by atoms with E-state index in [1.54, 1.807) is 5.56 Å². The lowest BCUT2D eigenvalue weighted by Gasteiger charge is -2.26. The van der Waals surface area contributed by atoms with Gasteiger partial charge in [0.2, 0.25) is 0 Å². The van der Waals surface area contributed by atoms with Crippen molar-refractivity contribution in [3.63, 3.8) is 0 Å². The van der Waals surface area contributed by atoms with Gasteiger partial charge in [-0.1, -0.05) is 12.1 Å². The van der Waals surface area contributed by atoms with Crippen LogP contribution in [0, 0.1) is 0 Å². The number of rotatable bonds is 1. The van der Waals surface area contributed by atoms with Gasteiger partial charge >= 0.3 is 0 Å². The third kappa shape index (κ3) is 1.63. The summed E-state index contributed by atoms with van der Waals surface area (Å²) >= 11 is 0. The molecule has 1 aromatic rings. The standard InChI is InChI=1S/C13H18N2/c1-2-9-15(8-1)13-5-3-4-11-10-14-7-6-12(11)13/h3-5,14H,1-2,6-10H2. The quantitative estimate of drug-likeness (QED) is 0.748. The van der Waals surface area contributed by atoms with Gasteiger partial charge < -0.3 is 10.2 Å². The Bertz CT molecular complexity index is 354. The van der Waals surface area contributed by atoms with Crippen molar-refractivity contribution in [2.75, 3.05) is 24.5 Å². The number of hydrogen-bond donors (Lipinski definition) is 1. The fraction of sp³-hybridized carbons (Fsp3) is 0.538. The fourth-order valence-electron chi connectivity index (χ4n) is 2.77. The Hall–Kier alpha value is -1.02. The molecule has 1 aromatic carbocycles. The minimum Gasteiger partial charge on any atom is -0.371 e. The van der Waals surface area contributed by atoms with Crippen LogP contribution in [0.5, 0.6) is 0 Å². The van der Waals surface area contributed by atoms with Gasteiger partial charge in [0.05, 0.1) is 0 Å². The van der Waals surface area contributed by atoms with Gasteiger partial charge in [-0.25, -0.2) is 0 Å². The molecule has 0 radical (unpaired) electrons. The second-order valence-corrected chi connectivity index (χ2v) is 4.54. The Balaban J connectivity index is 1.99. The smallest absolute Gasteiger partial charge is 0.0402 e. The predicted molar refractivity (Wildman–Crippen MR) is 63.3 cm³/mol. The summed E-state index contributed by atoms with van der Waals surface area (Å²) in [6.07, 6.45) is 3.92. The van der Waals surface area contributed by atoms with Crippen molar-refractivity contribution in [3.05, 3.63) is 29.3 Å². The van der Waals surface area contributed by atoms with Crippen molar-refractivity contribution < 1.29 is 0 Å². The zero-order valence-corrected chi connectivity index (χ0v) is 9.13. The van der Waals surface area contributed by atoms with Gasteiger partial charge in [-0.15, -0.1) is 0 Å². The first-order valence-corrected chi connectivity index (χ1v) is 6.01. The van der Waals surface area contributed by atoms with Gasteiger partial charge in [-0.05, 0) is 43.0 Å². The highest BCUT2D eigenvalue weighted by atomic mass is 15.1. The lowest BCUT2D eigenvalue weighted by molar-refractivity contribution is 0.642. The SMILES string of the molecule is c1cc2c(c(N3CCCC3)c1)CCNC2. The van der Waals surface area contributed by atoms with E-state index >= 15 is 0 Å². The largest absolute Gasteiger partial charge is 0.371 e. The third-order valence-electron chi connectivity index (χ3n) is 3.56. The van der Waals surface area contributed by atoms with Crippen molar-refractivity contribution in [2.45, 2.75) is 25.8 Å². The maximum absolute atomic E-state index is 3.44. The molecular formula is C13H18N2. The molecule has 0 saturated carbocycles. The lowest BCUT2D eigenvalue weighted by atomic mass is 9.98. The molecule has 2 aliphatic heterocycles. The molecule has 2 heterocycles. The average molecular weight is 202 g/mol. The summed E-state index contributed by atoms with van der Waals surface area (Å²) in [6.45, 7) is 4.70. The van der Waals surface area contributed by atoms with E-state index in [2.05, 4.69) is 28.4 Å². The molecule has 0 unspecified atom stereocenters. The number of nitrogens with zero attached hydrogens (tertiary/aromatic N) is 1. The van der Waals surface area contributed by atoms with Crippen LogP contribution >= 0.6 is 0 Å². The second kappa shape index (κ2) is 3.86. The molecule has 2 heteroatoms. The molecule has 0 aliphatic carbocycles. The van der Waals surface area contributed by atoms with Crippen LogP contribution in [0.25, 0.3) is 0 Å². The van der Waals surface area contributed by atoms with Crippen molar-refractivity contribution >= 4 is 5.69 Å². The van der Waals surface area contributed by atoms with Gasteiger partial charge in [0, 0.05) is 25.3 Å². The first-order valence-electron chi connectivity index (χ1n) is 6.01. The fourth-order valence-corrected chi connectivity index (χ4v) is 2.77. The first kappa shape index (κ1) is 9.22. The Kier molecular flexibility index (Phi) is 2.37. The van der Waals surface area contributed by atoms with E-state index in [9.17, 15) is 0 Å². The van der Waals surface area contributed by atoms with E-state index in [1.165, 1.54) is 43.6 Å². The van der Waals surface area contributed by atoms with E-state index < -0.39 is 0 Å². The van der Waals surface area contributed by atoms with Crippen molar-refractivity contribution in [2.24, 2.45) is 0 Å². The highest BCUT2D eigenvalue weighted by Crippen LogP contribution is 2.28. The predicted octanol–water partition coefficient (Wildman–Crippen LogP) is 1.93. The Labute approximate surface area is 91.3 Å². The summed E-state index contributed by atoms with van der Waals surface area (Å²) in [7, 11) is 0. The van der Waals surface area contributed by atoms with Crippen LogP contribution in [0.4, 0.5) is 5.69 Å². The maximum Gasteiger partial charge on any atom is 0.0402 e. The van der Waals surface area contributed by atoms with Gasteiger partial charge in [0.15, 0.2) is 0 Å². The molecule has 15 heavy (non-hydrogen) atoms. The Morgan fingerprint density at radius 2 is 2.00 bits per heavy atom. The normalized spacial score (nSPS) is 20.4. The molecule has 1 saturated heterocycles. The van der Waals surface area contributed by atoms with Crippen LogP contribution in [-0.4, -0.2) is 19.6 Å². The molecule has 2 nitrogen and oxygen atoms in total. The lowest BCUT2D eigenvalue weighted by Crippen LogP contribution is -2.27. The summed E-state index contributed by atoms with van der Waals surface area (Å²) in [4.78, 5) is 2.56. The molecule has 0 spiro atoms. The molecule has 1 fully saturated rings. The zero-order valence-electron chi connectivity index (χ0n) is 9.13. The van der Waals surface area contributed by atoms with E-state index in [4.69, 9.17) is 0 Å². The van der Waals surface area contributed by atoms with Gasteiger partial charge in [-0.2, -0.15) is 0 Å². The minimum absolute atomic E-state index is 1.05. The number of fused-ring (bicyclic) bond motifs is 1. The third-order valence-corrected chi connectivity index (χ3v) is 3.56. The topological polar surface area (TPSA) is 15.3 Å². The maximum atomic E-state index is 3.44. The number of nitrogens with one attached hydrogen (secondary N) is 1. The minimum atomic E-state index is 1.05. The monoisotopic (exact) mass is 202 g/mol. The molecule has 0 amide bonds. The Morgan fingerprint density at radius 1 is 1.13 bits per heavy atom. The highest BCUT2D eigenvalue weighted by Gasteiger charge is 2.18. The zero-order chi connectivity index (χ0) is 10.1. The molecule has 0 aromatic heterocycles. The number of hydrogen-bond acceptors (Lipinski definition) is 2. The van der Waals surface area contributed by atoms with Crippen LogP contribution < -0.4 is 10.2 Å². The Morgan fingerprint density at radius 3 is 2.87 bits per heavy atom. The van der Waals surface area contributed by atoms with Gasteiger partial charge in [-0.3, -0.25) is 0 Å². The average Bonchev–Trinajstić information content (AvgIpc) is 2.82. The molecule has 2 aliphatic rings. The second-order valence-electron chi connectivity index (χ2n) is 4.54. The summed E-state index contributed by atoms with van der Waals surface area (Å²) in [5.74, 6) is 0. The van der Waals surface area contributed by atoms with Crippen LogP contribution in [0.2, 0.25) is 0 Å². The van der Waals surface area contributed by atoms with E-state index in [0.29, 0.717) is 0 Å². The summed E-state index contributed by atoms with van der Waals surface area (Å²) in [6, 6.07) is 6.77. The van der Waals surface area contributed by atoms with Crippen molar-refractivity contribution in [3.8, 4) is 0 Å². The number of benzene rings is 1. The molecule has 0 bridgehead atoms. The molecular weight excluding hydrogens is 184 g/mol. The van der Waals surface area contributed by atoms with Gasteiger partial charge in [0.1, 0.15) is 0 Å². The molecule has 0 atom stereocenters. The number of anilines is 1. The molecule has 1 N–H and O–H groups in total. The van der Waals surface area contributed by atoms with E-state index in [0.717, 1.165) is 13.1 Å². The van der Waals surface area contributed by atoms with Crippen molar-refractivity contribution in [1.82, 2.24) is 5.32 Å². The van der Waals surface area contributed by atoms with Crippen LogP contribution in [0.1, 0.15) is 24.0 Å². The molecule has 3 rings (SSSR count). The summed E-state index contributed by atoms with van der Waals surface area (Å²) < 4.78 is 0. The summed E-state index contributed by atoms with van der Waals surface area (Å²) in [5, 5.41) is 3.44. The van der Waals surface area contributed by atoms with E-state index in [1.807, 2.05) is 0 Å². The summed E-state index contributed by atoms with van der Waals surface area (Å²) in [5.41, 5.74) is 4.61. The first-order chi connectivity index (χ1) is 7.45. The van der Waals surface area contributed by atoms with Crippen LogP contribution in [-0.2, 0) is 13.0 Å². The van der Waals surface area contributed by atoms with E-state index in [-0.39, 0.29) is 0 Å². The van der Waals surface area contributed by atoms with Gasteiger partial charge in [0.25, 0.3) is 0 Å². The van der Waals surface area contributed by atoms with Crippen LogP contribution in [0.3, 0.4) is 0 Å². The van der Waals surface area contributed by atoms with Crippen LogP contribution in [0.15, 0.2) is 18.2 Å². The highest BCUT2D eigenvalue weighted by molar-refractivity contribution is 5.58. The van der Waals surface area contributed by atoms with Crippen molar-refractivity contribution in [1.29, 1.82) is 0 Å².